The Hall–Kier alpha value is -3.91. The quantitative estimate of drug-likeness (QED) is 0.307. The van der Waals surface area contributed by atoms with E-state index in [0.29, 0.717) is 54.9 Å². The lowest BCUT2D eigenvalue weighted by atomic mass is 10.1. The summed E-state index contributed by atoms with van der Waals surface area (Å²) in [5, 5.41) is 13.6. The van der Waals surface area contributed by atoms with Crippen molar-refractivity contribution in [2.24, 2.45) is 0 Å². The van der Waals surface area contributed by atoms with Crippen molar-refractivity contribution in [1.29, 1.82) is 0 Å². The maximum atomic E-state index is 13.2. The number of pyridine rings is 1. The van der Waals surface area contributed by atoms with E-state index in [9.17, 15) is 12.8 Å². The van der Waals surface area contributed by atoms with Gasteiger partial charge in [-0.25, -0.2) is 32.2 Å². The number of aryl methyl sites for hydroxylation is 2. The van der Waals surface area contributed by atoms with Crippen LogP contribution in [0.1, 0.15) is 42.8 Å². The average Bonchev–Trinajstić information content (AvgIpc) is 3.51. The number of rotatable bonds is 8. The van der Waals surface area contributed by atoms with E-state index in [1.165, 1.54) is 10.9 Å². The Morgan fingerprint density at radius 1 is 1.11 bits per heavy atom. The molecule has 4 aromatic heterocycles. The third kappa shape index (κ3) is 5.81. The van der Waals surface area contributed by atoms with Gasteiger partial charge in [0.25, 0.3) is 0 Å². The highest BCUT2D eigenvalue weighted by molar-refractivity contribution is 7.90. The highest BCUT2D eigenvalue weighted by atomic mass is 32.2. The minimum Gasteiger partial charge on any atom is -0.341 e. The highest BCUT2D eigenvalue weighted by Gasteiger charge is 2.32. The van der Waals surface area contributed by atoms with Crippen LogP contribution in [0.4, 0.5) is 22.0 Å². The number of sulfonamides is 1. The van der Waals surface area contributed by atoms with Gasteiger partial charge in [0.15, 0.2) is 17.5 Å². The first-order valence-corrected chi connectivity index (χ1v) is 13.8. The molecule has 1 saturated heterocycles. The standard InChI is InChI=1S/C24H29FN10O2S/c1-15-10-21(29-22-11-16(2)31-32-22)30-24(28-15)34-8-6-20(7-9-34)38(36,37)33-17(3)18-4-5-23(26-12-18)35-14-19(25)13-27-35/h4-5,10-14,17,20,33H,6-9H2,1-3H3,(H2,28,29,30,31,32). The second kappa shape index (κ2) is 10.5. The van der Waals surface area contributed by atoms with Crippen molar-refractivity contribution in [3.05, 3.63) is 65.6 Å². The number of aromatic nitrogens is 7. The zero-order valence-corrected chi connectivity index (χ0v) is 22.1. The molecule has 1 aliphatic rings. The molecular weight excluding hydrogens is 511 g/mol. The van der Waals surface area contributed by atoms with Gasteiger partial charge < -0.3 is 10.2 Å². The van der Waals surface area contributed by atoms with Gasteiger partial charge in [-0.05, 0) is 45.2 Å². The fourth-order valence-corrected chi connectivity index (χ4v) is 6.02. The van der Waals surface area contributed by atoms with Gasteiger partial charge in [0.05, 0.1) is 17.6 Å². The summed E-state index contributed by atoms with van der Waals surface area (Å²) >= 11 is 0. The molecule has 38 heavy (non-hydrogen) atoms. The number of H-pyrrole nitrogens is 1. The molecule has 0 spiro atoms. The molecule has 12 nitrogen and oxygen atoms in total. The van der Waals surface area contributed by atoms with Crippen LogP contribution >= 0.6 is 0 Å². The van der Waals surface area contributed by atoms with Crippen LogP contribution in [0.25, 0.3) is 5.82 Å². The summed E-state index contributed by atoms with van der Waals surface area (Å²) in [6, 6.07) is 6.66. The molecule has 0 radical (unpaired) electrons. The number of halogens is 1. The molecule has 1 atom stereocenters. The summed E-state index contributed by atoms with van der Waals surface area (Å²) < 4.78 is 43.6. The van der Waals surface area contributed by atoms with Crippen LogP contribution in [0.5, 0.6) is 0 Å². The second-order valence-electron chi connectivity index (χ2n) is 9.38. The zero-order valence-electron chi connectivity index (χ0n) is 21.3. The first-order valence-electron chi connectivity index (χ1n) is 12.2. The van der Waals surface area contributed by atoms with E-state index >= 15 is 0 Å². The summed E-state index contributed by atoms with van der Waals surface area (Å²) in [6.45, 7) is 6.61. The van der Waals surface area contributed by atoms with Crippen molar-refractivity contribution >= 4 is 27.6 Å². The van der Waals surface area contributed by atoms with Crippen LogP contribution in [0.3, 0.4) is 0 Å². The van der Waals surface area contributed by atoms with E-state index in [1.54, 1.807) is 25.3 Å². The van der Waals surface area contributed by atoms with Crippen molar-refractivity contribution in [3.63, 3.8) is 0 Å². The Kier molecular flexibility index (Phi) is 7.08. The molecule has 14 heteroatoms. The van der Waals surface area contributed by atoms with Crippen molar-refractivity contribution in [2.75, 3.05) is 23.3 Å². The molecule has 0 aliphatic carbocycles. The van der Waals surface area contributed by atoms with Gasteiger partial charge in [-0.3, -0.25) is 5.10 Å². The van der Waals surface area contributed by atoms with Gasteiger partial charge in [-0.1, -0.05) is 6.07 Å². The molecule has 3 N–H and O–H groups in total. The molecule has 4 aromatic rings. The first-order chi connectivity index (χ1) is 18.2. The smallest absolute Gasteiger partial charge is 0.227 e. The maximum Gasteiger partial charge on any atom is 0.227 e. The summed E-state index contributed by atoms with van der Waals surface area (Å²) in [7, 11) is -3.59. The fraction of sp³-hybridized carbons (Fsp3) is 0.375. The predicted molar refractivity (Wildman–Crippen MR) is 140 cm³/mol. The van der Waals surface area contributed by atoms with E-state index in [2.05, 4.69) is 40.3 Å². The number of piperidine rings is 1. The summed E-state index contributed by atoms with van der Waals surface area (Å²) in [5.41, 5.74) is 2.43. The summed E-state index contributed by atoms with van der Waals surface area (Å²) in [5.74, 6) is 1.83. The largest absolute Gasteiger partial charge is 0.341 e. The van der Waals surface area contributed by atoms with Gasteiger partial charge in [-0.15, -0.1) is 0 Å². The molecule has 1 unspecified atom stereocenters. The van der Waals surface area contributed by atoms with Crippen LogP contribution in [0.15, 0.2) is 42.9 Å². The van der Waals surface area contributed by atoms with E-state index in [1.807, 2.05) is 30.9 Å². The molecular formula is C24H29FN10O2S. The maximum absolute atomic E-state index is 13.2. The lowest BCUT2D eigenvalue weighted by Crippen LogP contribution is -2.44. The second-order valence-corrected chi connectivity index (χ2v) is 11.4. The number of anilines is 3. The van der Waals surface area contributed by atoms with E-state index in [4.69, 9.17) is 0 Å². The van der Waals surface area contributed by atoms with Crippen LogP contribution < -0.4 is 14.9 Å². The Bertz CT molecular complexity index is 1510. The van der Waals surface area contributed by atoms with Crippen molar-refractivity contribution in [2.45, 2.75) is 44.9 Å². The van der Waals surface area contributed by atoms with Gasteiger partial charge in [-0.2, -0.15) is 15.2 Å². The average molecular weight is 541 g/mol. The van der Waals surface area contributed by atoms with Gasteiger partial charge in [0.1, 0.15) is 5.82 Å². The predicted octanol–water partition coefficient (Wildman–Crippen LogP) is 2.93. The number of aromatic amines is 1. The van der Waals surface area contributed by atoms with Crippen LogP contribution in [0.2, 0.25) is 0 Å². The van der Waals surface area contributed by atoms with E-state index in [0.717, 1.165) is 17.6 Å². The Morgan fingerprint density at radius 3 is 2.53 bits per heavy atom. The highest BCUT2D eigenvalue weighted by Crippen LogP contribution is 2.25. The van der Waals surface area contributed by atoms with Gasteiger partial charge in [0, 0.05) is 48.8 Å². The number of hydrogen-bond donors (Lipinski definition) is 3. The van der Waals surface area contributed by atoms with Crippen molar-refractivity contribution in [3.8, 4) is 5.82 Å². The Labute approximate surface area is 219 Å². The zero-order chi connectivity index (χ0) is 26.9. The molecule has 5 heterocycles. The van der Waals surface area contributed by atoms with Crippen LogP contribution in [-0.4, -0.2) is 61.7 Å². The van der Waals surface area contributed by atoms with Crippen LogP contribution in [0, 0.1) is 19.7 Å². The third-order valence-electron chi connectivity index (χ3n) is 6.37. The molecule has 1 fully saturated rings. The summed E-state index contributed by atoms with van der Waals surface area (Å²) in [4.78, 5) is 15.5. The van der Waals surface area contributed by atoms with Crippen LogP contribution in [-0.2, 0) is 10.0 Å². The SMILES string of the molecule is Cc1cc(Nc2cc(C)[nH]n2)nc(N2CCC(S(=O)(=O)NC(C)c3ccc(-n4cc(F)cn4)nc3)CC2)n1. The Balaban J connectivity index is 1.20. The molecule has 0 aromatic carbocycles. The lowest BCUT2D eigenvalue weighted by molar-refractivity contribution is 0.508. The summed E-state index contributed by atoms with van der Waals surface area (Å²) in [6.07, 6.45) is 4.78. The fourth-order valence-electron chi connectivity index (χ4n) is 4.36. The molecule has 200 valence electrons. The minimum atomic E-state index is -3.59. The first kappa shape index (κ1) is 25.7. The molecule has 0 amide bonds. The van der Waals surface area contributed by atoms with Gasteiger partial charge >= 0.3 is 0 Å². The lowest BCUT2D eigenvalue weighted by Gasteiger charge is -2.32. The minimum absolute atomic E-state index is 0.441. The van der Waals surface area contributed by atoms with Crippen molar-refractivity contribution < 1.29 is 12.8 Å². The molecule has 5 rings (SSSR count). The Morgan fingerprint density at radius 2 is 1.89 bits per heavy atom. The molecule has 0 bridgehead atoms. The molecule has 1 aliphatic heterocycles. The number of hydrogen-bond acceptors (Lipinski definition) is 9. The molecule has 0 saturated carbocycles. The topological polar surface area (TPSA) is 147 Å². The van der Waals surface area contributed by atoms with Gasteiger partial charge in [0.2, 0.25) is 16.0 Å². The number of nitrogens with one attached hydrogen (secondary N) is 3. The van der Waals surface area contributed by atoms with E-state index in [-0.39, 0.29) is 0 Å². The third-order valence-corrected chi connectivity index (χ3v) is 8.40. The van der Waals surface area contributed by atoms with E-state index < -0.39 is 27.1 Å². The van der Waals surface area contributed by atoms with Crippen molar-refractivity contribution in [1.82, 2.24) is 39.7 Å². The normalized spacial score (nSPS) is 15.5. The monoisotopic (exact) mass is 540 g/mol. The number of nitrogens with zero attached hydrogens (tertiary/aromatic N) is 7.